The van der Waals surface area contributed by atoms with Gasteiger partial charge in [0.25, 0.3) is 0 Å². The molecule has 3 rings (SSSR count). The molecule has 2 N–H and O–H groups in total. The maximum Gasteiger partial charge on any atom is 0.165 e. The summed E-state index contributed by atoms with van der Waals surface area (Å²) >= 11 is 0. The molecule has 0 spiro atoms. The van der Waals surface area contributed by atoms with Crippen LogP contribution >= 0.6 is 0 Å². The highest BCUT2D eigenvalue weighted by Crippen LogP contribution is 2.23. The first kappa shape index (κ1) is 20.5. The van der Waals surface area contributed by atoms with Crippen molar-refractivity contribution in [2.75, 3.05) is 45.7 Å². The van der Waals surface area contributed by atoms with Crippen molar-refractivity contribution in [1.29, 1.82) is 0 Å². The molecule has 0 radical (unpaired) electrons. The van der Waals surface area contributed by atoms with E-state index in [1.807, 2.05) is 14.1 Å². The quantitative estimate of drug-likeness (QED) is 0.645. The number of hydrogen-bond donors (Lipinski definition) is 2. The van der Waals surface area contributed by atoms with E-state index in [1.165, 1.54) is 12.5 Å². The van der Waals surface area contributed by atoms with Crippen LogP contribution in [0.2, 0.25) is 0 Å². The number of hydrogen-bond acceptors (Lipinski definition) is 6. The van der Waals surface area contributed by atoms with Gasteiger partial charge in [-0.25, -0.2) is 14.4 Å². The van der Waals surface area contributed by atoms with Crippen molar-refractivity contribution >= 4 is 5.82 Å². The molecule has 1 saturated heterocycles. The van der Waals surface area contributed by atoms with Gasteiger partial charge in [0.05, 0.1) is 18.8 Å². The minimum Gasteiger partial charge on any atom is -0.490 e. The van der Waals surface area contributed by atoms with E-state index < -0.39 is 0 Å². The first-order valence-electron chi connectivity index (χ1n) is 9.98. The Morgan fingerprint density at radius 3 is 2.93 bits per heavy atom. The number of nitrogens with one attached hydrogen (secondary N) is 2. The Morgan fingerprint density at radius 1 is 1.32 bits per heavy atom. The Hall–Kier alpha value is -2.25. The summed E-state index contributed by atoms with van der Waals surface area (Å²) < 4.78 is 19.1. The number of ether oxygens (including phenoxy) is 1. The summed E-state index contributed by atoms with van der Waals surface area (Å²) in [6.45, 7) is 4.03. The van der Waals surface area contributed by atoms with Crippen LogP contribution in [-0.4, -0.2) is 55.2 Å². The maximum atomic E-state index is 13.6. The average molecular weight is 388 g/mol. The summed E-state index contributed by atoms with van der Waals surface area (Å²) in [4.78, 5) is 11.6. The topological polar surface area (TPSA) is 62.3 Å². The summed E-state index contributed by atoms with van der Waals surface area (Å²) in [7, 11) is 3.93. The second-order valence-corrected chi connectivity index (χ2v) is 7.26. The van der Waals surface area contributed by atoms with E-state index in [2.05, 4.69) is 26.6 Å². The van der Waals surface area contributed by atoms with Gasteiger partial charge in [0.15, 0.2) is 11.6 Å². The molecule has 0 amide bonds. The zero-order valence-corrected chi connectivity index (χ0v) is 16.7. The van der Waals surface area contributed by atoms with Gasteiger partial charge in [-0.1, -0.05) is 12.1 Å². The van der Waals surface area contributed by atoms with Crippen molar-refractivity contribution in [2.24, 2.45) is 0 Å². The van der Waals surface area contributed by atoms with E-state index in [1.54, 1.807) is 18.2 Å². The van der Waals surface area contributed by atoms with Crippen LogP contribution in [-0.2, 0) is 6.54 Å². The summed E-state index contributed by atoms with van der Waals surface area (Å²) in [5.74, 6) is 2.12. The Morgan fingerprint density at radius 2 is 2.18 bits per heavy atom. The van der Waals surface area contributed by atoms with Gasteiger partial charge in [0, 0.05) is 32.1 Å². The second-order valence-electron chi connectivity index (χ2n) is 7.26. The molecule has 152 valence electrons. The van der Waals surface area contributed by atoms with Crippen LogP contribution in [0.3, 0.4) is 0 Å². The van der Waals surface area contributed by atoms with Crippen molar-refractivity contribution in [1.82, 2.24) is 20.2 Å². The predicted octanol–water partition coefficient (Wildman–Crippen LogP) is 3.03. The summed E-state index contributed by atoms with van der Waals surface area (Å²) in [5, 5.41) is 6.60. The average Bonchev–Trinajstić information content (AvgIpc) is 2.72. The molecular formula is C21H30FN5O. The fraction of sp³-hybridized carbons (Fsp3) is 0.524. The third kappa shape index (κ3) is 5.87. The van der Waals surface area contributed by atoms with Crippen molar-refractivity contribution in [3.8, 4) is 5.75 Å². The molecule has 1 aliphatic rings. The number of nitrogens with zero attached hydrogens (tertiary/aromatic N) is 3. The van der Waals surface area contributed by atoms with E-state index in [-0.39, 0.29) is 5.82 Å². The van der Waals surface area contributed by atoms with Crippen LogP contribution in [0.5, 0.6) is 5.75 Å². The molecule has 1 fully saturated rings. The van der Waals surface area contributed by atoms with Gasteiger partial charge in [-0.05, 0) is 45.0 Å². The Balaban J connectivity index is 1.51. The van der Waals surface area contributed by atoms with Crippen LogP contribution in [0.4, 0.5) is 10.2 Å². The highest BCUT2D eigenvalue weighted by atomic mass is 19.1. The number of benzene rings is 1. The Kier molecular flexibility index (Phi) is 7.56. The summed E-state index contributed by atoms with van der Waals surface area (Å²) in [5.41, 5.74) is 1.11. The van der Waals surface area contributed by atoms with Gasteiger partial charge in [0.2, 0.25) is 0 Å². The highest BCUT2D eigenvalue weighted by Gasteiger charge is 2.18. The third-order valence-electron chi connectivity index (χ3n) is 4.95. The molecule has 2 heterocycles. The van der Waals surface area contributed by atoms with E-state index in [9.17, 15) is 4.39 Å². The van der Waals surface area contributed by atoms with Gasteiger partial charge in [-0.15, -0.1) is 0 Å². The van der Waals surface area contributed by atoms with Gasteiger partial charge in [-0.3, -0.25) is 4.90 Å². The second kappa shape index (κ2) is 10.3. The minimum atomic E-state index is -0.321. The number of piperidine rings is 1. The van der Waals surface area contributed by atoms with Gasteiger partial charge in [-0.2, -0.15) is 0 Å². The van der Waals surface area contributed by atoms with Gasteiger partial charge >= 0.3 is 0 Å². The summed E-state index contributed by atoms with van der Waals surface area (Å²) in [6, 6.07) is 8.55. The van der Waals surface area contributed by atoms with Crippen LogP contribution < -0.4 is 15.4 Å². The van der Waals surface area contributed by atoms with E-state index in [0.29, 0.717) is 24.8 Å². The lowest BCUT2D eigenvalue weighted by Gasteiger charge is -2.23. The lowest BCUT2D eigenvalue weighted by atomic mass is 9.96. The largest absolute Gasteiger partial charge is 0.490 e. The Bertz CT molecular complexity index is 751. The van der Waals surface area contributed by atoms with Crippen molar-refractivity contribution in [2.45, 2.75) is 31.7 Å². The molecule has 28 heavy (non-hydrogen) atoms. The fourth-order valence-electron chi connectivity index (χ4n) is 3.43. The van der Waals surface area contributed by atoms with E-state index in [4.69, 9.17) is 9.72 Å². The highest BCUT2D eigenvalue weighted by molar-refractivity contribution is 5.36. The molecule has 1 aromatic heterocycles. The minimum absolute atomic E-state index is 0.306. The third-order valence-corrected chi connectivity index (χ3v) is 4.95. The standard InChI is InChI=1S/C21H30FN5O/c1-23-20-13-18(16-7-5-10-24-14-16)25-21(26-20)15-27(2)11-6-12-28-19-9-4-3-8-17(19)22/h3-4,8-9,13,16,24H,5-7,10-12,14-15H2,1-2H3,(H,23,25,26)/t16-/m0/s1. The molecule has 2 aromatic rings. The smallest absolute Gasteiger partial charge is 0.165 e. The summed E-state index contributed by atoms with van der Waals surface area (Å²) in [6.07, 6.45) is 3.15. The molecule has 1 aromatic carbocycles. The number of halogens is 1. The molecule has 6 nitrogen and oxygen atoms in total. The molecule has 0 bridgehead atoms. The van der Waals surface area contributed by atoms with E-state index >= 15 is 0 Å². The van der Waals surface area contributed by atoms with Crippen LogP contribution in [0, 0.1) is 5.82 Å². The van der Waals surface area contributed by atoms with Crippen LogP contribution in [0.25, 0.3) is 0 Å². The van der Waals surface area contributed by atoms with Crippen LogP contribution in [0.1, 0.15) is 36.7 Å². The monoisotopic (exact) mass is 387 g/mol. The first-order valence-corrected chi connectivity index (χ1v) is 9.98. The zero-order chi connectivity index (χ0) is 19.8. The molecule has 0 saturated carbocycles. The normalized spacial score (nSPS) is 16.9. The van der Waals surface area contributed by atoms with Crippen molar-refractivity contribution in [3.05, 3.63) is 47.7 Å². The molecule has 0 unspecified atom stereocenters. The lowest BCUT2D eigenvalue weighted by Crippen LogP contribution is -2.29. The lowest BCUT2D eigenvalue weighted by molar-refractivity contribution is 0.249. The van der Waals surface area contributed by atoms with E-state index in [0.717, 1.165) is 49.8 Å². The molecular weight excluding hydrogens is 357 g/mol. The van der Waals surface area contributed by atoms with Crippen molar-refractivity contribution in [3.63, 3.8) is 0 Å². The zero-order valence-electron chi connectivity index (χ0n) is 16.7. The molecule has 7 heteroatoms. The Labute approximate surface area is 166 Å². The van der Waals surface area contributed by atoms with Crippen molar-refractivity contribution < 1.29 is 9.13 Å². The number of anilines is 1. The first-order chi connectivity index (χ1) is 13.7. The van der Waals surface area contributed by atoms with Gasteiger partial charge < -0.3 is 15.4 Å². The number of para-hydroxylation sites is 1. The number of aromatic nitrogens is 2. The molecule has 0 aliphatic carbocycles. The van der Waals surface area contributed by atoms with Gasteiger partial charge in [0.1, 0.15) is 11.6 Å². The fourth-order valence-corrected chi connectivity index (χ4v) is 3.43. The predicted molar refractivity (Wildman–Crippen MR) is 109 cm³/mol. The SMILES string of the molecule is CNc1cc([C@H]2CCCNC2)nc(CN(C)CCCOc2ccccc2F)n1. The molecule has 1 aliphatic heterocycles. The number of rotatable bonds is 9. The van der Waals surface area contributed by atoms with Crippen LogP contribution in [0.15, 0.2) is 30.3 Å². The maximum absolute atomic E-state index is 13.6. The molecule has 1 atom stereocenters.